The number of benzene rings is 1. The van der Waals surface area contributed by atoms with E-state index in [1.807, 2.05) is 24.3 Å². The van der Waals surface area contributed by atoms with Crippen molar-refractivity contribution in [3.63, 3.8) is 0 Å². The predicted octanol–water partition coefficient (Wildman–Crippen LogP) is 2.90. The molecule has 7 heteroatoms. The third kappa shape index (κ3) is 6.35. The van der Waals surface area contributed by atoms with Crippen molar-refractivity contribution in [2.45, 2.75) is 38.8 Å². The fraction of sp³-hybridized carbons (Fsp3) is 0.524. The Bertz CT molecular complexity index is 736. The van der Waals surface area contributed by atoms with E-state index in [-0.39, 0.29) is 6.10 Å². The molecule has 1 aliphatic heterocycles. The highest BCUT2D eigenvalue weighted by Gasteiger charge is 2.14. The number of hydrogen-bond donors (Lipinski definition) is 2. The maximum atomic E-state index is 5.67. The van der Waals surface area contributed by atoms with E-state index < -0.39 is 0 Å². The van der Waals surface area contributed by atoms with Crippen molar-refractivity contribution in [2.75, 3.05) is 33.4 Å². The zero-order valence-corrected chi connectivity index (χ0v) is 16.7. The molecule has 0 aliphatic carbocycles. The van der Waals surface area contributed by atoms with Gasteiger partial charge in [-0.1, -0.05) is 17.7 Å². The van der Waals surface area contributed by atoms with Gasteiger partial charge in [0.05, 0.1) is 24.9 Å². The van der Waals surface area contributed by atoms with Crippen LogP contribution in [0, 0.1) is 6.92 Å². The van der Waals surface area contributed by atoms with Gasteiger partial charge >= 0.3 is 0 Å². The lowest BCUT2D eigenvalue weighted by Crippen LogP contribution is -2.37. The molecule has 7 nitrogen and oxygen atoms in total. The second kappa shape index (κ2) is 10.8. The number of nitrogens with one attached hydrogen (secondary N) is 2. The van der Waals surface area contributed by atoms with Gasteiger partial charge in [-0.3, -0.25) is 4.99 Å². The van der Waals surface area contributed by atoms with Crippen LogP contribution in [0.1, 0.15) is 30.5 Å². The van der Waals surface area contributed by atoms with E-state index in [1.165, 1.54) is 5.56 Å². The summed E-state index contributed by atoms with van der Waals surface area (Å²) in [6, 6.07) is 8.13. The van der Waals surface area contributed by atoms with E-state index in [4.69, 9.17) is 13.9 Å². The van der Waals surface area contributed by atoms with Gasteiger partial charge < -0.3 is 24.5 Å². The van der Waals surface area contributed by atoms with Crippen molar-refractivity contribution in [1.82, 2.24) is 15.6 Å². The molecular weight excluding hydrogens is 356 g/mol. The number of aromatic nitrogens is 1. The summed E-state index contributed by atoms with van der Waals surface area (Å²) in [7, 11) is 1.75. The number of hydrogen-bond acceptors (Lipinski definition) is 5. The Kier molecular flexibility index (Phi) is 7.87. The summed E-state index contributed by atoms with van der Waals surface area (Å²) in [6.45, 7) is 5.68. The van der Waals surface area contributed by atoms with Crippen LogP contribution < -0.4 is 10.6 Å². The van der Waals surface area contributed by atoms with Crippen LogP contribution in [-0.4, -0.2) is 50.5 Å². The van der Waals surface area contributed by atoms with E-state index in [2.05, 4.69) is 27.5 Å². The van der Waals surface area contributed by atoms with Crippen LogP contribution in [0.5, 0.6) is 0 Å². The molecule has 0 bridgehead atoms. The lowest BCUT2D eigenvalue weighted by Gasteiger charge is -2.12. The van der Waals surface area contributed by atoms with Crippen molar-refractivity contribution < 1.29 is 13.9 Å². The minimum absolute atomic E-state index is 0.287. The van der Waals surface area contributed by atoms with Gasteiger partial charge in [-0.05, 0) is 38.3 Å². The first-order valence-electron chi connectivity index (χ1n) is 9.90. The molecule has 0 radical (unpaired) electrons. The Morgan fingerprint density at radius 3 is 2.89 bits per heavy atom. The Balaban J connectivity index is 1.33. The van der Waals surface area contributed by atoms with Gasteiger partial charge in [-0.2, -0.15) is 0 Å². The van der Waals surface area contributed by atoms with E-state index in [1.54, 1.807) is 13.3 Å². The minimum atomic E-state index is 0.287. The standard InChI is InChI=1S/C21H30N4O3/c1-16-6-8-17(9-7-16)20-25-18(14-28-20)13-24-21(22-2)23-10-4-11-26-15-19-5-3-12-27-19/h6-9,14,19H,3-5,10-13,15H2,1-2H3,(H2,22,23,24). The summed E-state index contributed by atoms with van der Waals surface area (Å²) in [4.78, 5) is 8.76. The molecule has 2 heterocycles. The topological polar surface area (TPSA) is 80.9 Å². The summed E-state index contributed by atoms with van der Waals surface area (Å²) in [5, 5.41) is 6.53. The molecular formula is C21H30N4O3. The van der Waals surface area contributed by atoms with Crippen LogP contribution in [0.25, 0.3) is 11.5 Å². The van der Waals surface area contributed by atoms with Gasteiger partial charge in [0.25, 0.3) is 0 Å². The minimum Gasteiger partial charge on any atom is -0.444 e. The third-order valence-corrected chi connectivity index (χ3v) is 4.60. The number of nitrogens with zero attached hydrogens (tertiary/aromatic N) is 2. The number of rotatable bonds is 9. The summed E-state index contributed by atoms with van der Waals surface area (Å²) < 4.78 is 16.8. The second-order valence-electron chi connectivity index (χ2n) is 6.93. The molecule has 152 valence electrons. The predicted molar refractivity (Wildman–Crippen MR) is 109 cm³/mol. The lowest BCUT2D eigenvalue weighted by molar-refractivity contribution is 0.0168. The van der Waals surface area contributed by atoms with Crippen LogP contribution >= 0.6 is 0 Å². The average Bonchev–Trinajstić information content (AvgIpc) is 3.39. The molecule has 28 heavy (non-hydrogen) atoms. The van der Waals surface area contributed by atoms with E-state index in [0.29, 0.717) is 25.6 Å². The van der Waals surface area contributed by atoms with Crippen LogP contribution in [0.3, 0.4) is 0 Å². The van der Waals surface area contributed by atoms with Crippen molar-refractivity contribution in [2.24, 2.45) is 4.99 Å². The van der Waals surface area contributed by atoms with Crippen LogP contribution in [0.15, 0.2) is 39.9 Å². The molecule has 3 rings (SSSR count). The molecule has 1 aliphatic rings. The first-order chi connectivity index (χ1) is 13.7. The second-order valence-corrected chi connectivity index (χ2v) is 6.93. The Morgan fingerprint density at radius 1 is 1.29 bits per heavy atom. The van der Waals surface area contributed by atoms with E-state index >= 15 is 0 Å². The van der Waals surface area contributed by atoms with Gasteiger partial charge in [0.15, 0.2) is 5.96 Å². The van der Waals surface area contributed by atoms with E-state index in [0.717, 1.165) is 49.6 Å². The van der Waals surface area contributed by atoms with Gasteiger partial charge in [-0.25, -0.2) is 4.98 Å². The van der Waals surface area contributed by atoms with Crippen LogP contribution in [0.2, 0.25) is 0 Å². The molecule has 0 spiro atoms. The average molecular weight is 386 g/mol. The fourth-order valence-electron chi connectivity index (χ4n) is 2.98. The maximum absolute atomic E-state index is 5.67. The summed E-state index contributed by atoms with van der Waals surface area (Å²) in [6.07, 6.45) is 5.14. The normalized spacial score (nSPS) is 17.1. The quantitative estimate of drug-likeness (QED) is 0.392. The van der Waals surface area contributed by atoms with Crippen molar-refractivity contribution in [3.05, 3.63) is 41.8 Å². The molecule has 1 unspecified atom stereocenters. The summed E-state index contributed by atoms with van der Waals surface area (Å²) in [5.74, 6) is 1.36. The van der Waals surface area contributed by atoms with Gasteiger partial charge in [-0.15, -0.1) is 0 Å². The molecule has 2 aromatic rings. The van der Waals surface area contributed by atoms with Crippen molar-refractivity contribution >= 4 is 5.96 Å². The highest BCUT2D eigenvalue weighted by Crippen LogP contribution is 2.19. The first-order valence-corrected chi connectivity index (χ1v) is 9.90. The molecule has 1 aromatic carbocycles. The van der Waals surface area contributed by atoms with Crippen molar-refractivity contribution in [1.29, 1.82) is 0 Å². The molecule has 0 saturated carbocycles. The molecule has 0 amide bonds. The number of oxazole rings is 1. The third-order valence-electron chi connectivity index (χ3n) is 4.60. The Morgan fingerprint density at radius 2 is 2.14 bits per heavy atom. The maximum Gasteiger partial charge on any atom is 0.226 e. The number of ether oxygens (including phenoxy) is 2. The zero-order valence-electron chi connectivity index (χ0n) is 16.7. The summed E-state index contributed by atoms with van der Waals surface area (Å²) >= 11 is 0. The van der Waals surface area contributed by atoms with Crippen LogP contribution in [0.4, 0.5) is 0 Å². The lowest BCUT2D eigenvalue weighted by atomic mass is 10.1. The van der Waals surface area contributed by atoms with Gasteiger partial charge in [0.1, 0.15) is 6.26 Å². The van der Waals surface area contributed by atoms with Crippen LogP contribution in [-0.2, 0) is 16.0 Å². The smallest absolute Gasteiger partial charge is 0.226 e. The molecule has 1 fully saturated rings. The number of aliphatic imine (C=N–C) groups is 1. The molecule has 2 N–H and O–H groups in total. The fourth-order valence-corrected chi connectivity index (χ4v) is 2.98. The van der Waals surface area contributed by atoms with Crippen molar-refractivity contribution in [3.8, 4) is 11.5 Å². The Hall–Kier alpha value is -2.38. The number of aryl methyl sites for hydroxylation is 1. The highest BCUT2D eigenvalue weighted by atomic mass is 16.5. The Labute approximate surface area is 166 Å². The molecule has 1 aromatic heterocycles. The molecule has 1 saturated heterocycles. The number of guanidine groups is 1. The largest absolute Gasteiger partial charge is 0.444 e. The monoisotopic (exact) mass is 386 g/mol. The molecule has 1 atom stereocenters. The van der Waals surface area contributed by atoms with E-state index in [9.17, 15) is 0 Å². The SMILES string of the molecule is CN=C(NCCCOCC1CCCO1)NCc1coc(-c2ccc(C)cc2)n1. The zero-order chi connectivity index (χ0) is 19.6. The van der Waals surface area contributed by atoms with Gasteiger partial charge in [0, 0.05) is 32.4 Å². The summed E-state index contributed by atoms with van der Waals surface area (Å²) in [5.41, 5.74) is 3.02. The first kappa shape index (κ1) is 20.4. The van der Waals surface area contributed by atoms with Gasteiger partial charge in [0.2, 0.25) is 5.89 Å². The highest BCUT2D eigenvalue weighted by molar-refractivity contribution is 5.79.